The molecule has 1 fully saturated rings. The first-order chi connectivity index (χ1) is 7.42. The first kappa shape index (κ1) is 10.7. The highest BCUT2D eigenvalue weighted by Gasteiger charge is 2.24. The van der Waals surface area contributed by atoms with Gasteiger partial charge in [-0.1, -0.05) is 30.3 Å². The van der Waals surface area contributed by atoms with E-state index in [2.05, 4.69) is 12.1 Å². The van der Waals surface area contributed by atoms with Gasteiger partial charge < -0.3 is 4.79 Å². The summed E-state index contributed by atoms with van der Waals surface area (Å²) in [5.41, 5.74) is 1.18. The van der Waals surface area contributed by atoms with Crippen molar-refractivity contribution in [3.8, 4) is 0 Å². The lowest BCUT2D eigenvalue weighted by atomic mass is 9.85. The van der Waals surface area contributed by atoms with Crippen molar-refractivity contribution in [1.82, 2.24) is 0 Å². The van der Waals surface area contributed by atoms with Gasteiger partial charge >= 0.3 is 0 Å². The fraction of sp³-hybridized carbons (Fsp3) is 0.462. The van der Waals surface area contributed by atoms with Gasteiger partial charge in [0.2, 0.25) is 0 Å². The number of aldehydes is 1. The molecule has 0 bridgehead atoms. The van der Waals surface area contributed by atoms with E-state index in [0.717, 1.165) is 12.0 Å². The third kappa shape index (κ3) is 2.63. The second-order valence-corrected chi connectivity index (χ2v) is 5.20. The van der Waals surface area contributed by atoms with Crippen LogP contribution in [0.2, 0.25) is 0 Å². The average Bonchev–Trinajstić information content (AvgIpc) is 2.33. The van der Waals surface area contributed by atoms with Gasteiger partial charge in [0.05, 0.1) is 0 Å². The topological polar surface area (TPSA) is 17.1 Å². The van der Waals surface area contributed by atoms with Crippen molar-refractivity contribution in [3.63, 3.8) is 0 Å². The summed E-state index contributed by atoms with van der Waals surface area (Å²) < 4.78 is 0. The first-order valence-electron chi connectivity index (χ1n) is 5.50. The molecule has 0 aliphatic carbocycles. The first-order valence-corrected chi connectivity index (χ1v) is 6.65. The Morgan fingerprint density at radius 2 is 2.13 bits per heavy atom. The Bertz CT molecular complexity index is 304. The van der Waals surface area contributed by atoms with Crippen molar-refractivity contribution in [2.45, 2.75) is 18.8 Å². The fourth-order valence-electron chi connectivity index (χ4n) is 2.19. The van der Waals surface area contributed by atoms with Gasteiger partial charge in [0.1, 0.15) is 6.29 Å². The summed E-state index contributed by atoms with van der Waals surface area (Å²) in [6.07, 6.45) is 3.59. The van der Waals surface area contributed by atoms with E-state index >= 15 is 0 Å². The van der Waals surface area contributed by atoms with Crippen LogP contribution < -0.4 is 0 Å². The van der Waals surface area contributed by atoms with E-state index in [1.54, 1.807) is 0 Å². The molecule has 0 amide bonds. The van der Waals surface area contributed by atoms with E-state index in [1.165, 1.54) is 24.2 Å². The Morgan fingerprint density at radius 1 is 1.33 bits per heavy atom. The third-order valence-electron chi connectivity index (χ3n) is 3.03. The summed E-state index contributed by atoms with van der Waals surface area (Å²) in [6, 6.07) is 10.2. The molecule has 1 aromatic carbocycles. The van der Waals surface area contributed by atoms with Crippen LogP contribution in [0.5, 0.6) is 0 Å². The van der Waals surface area contributed by atoms with Gasteiger partial charge in [0.25, 0.3) is 0 Å². The molecule has 2 atom stereocenters. The van der Waals surface area contributed by atoms with E-state index in [4.69, 9.17) is 0 Å². The molecule has 2 unspecified atom stereocenters. The number of carbonyl (C=O) groups excluding carboxylic acids is 1. The Kier molecular flexibility index (Phi) is 3.84. The van der Waals surface area contributed by atoms with E-state index in [-0.39, 0.29) is 5.92 Å². The maximum absolute atomic E-state index is 11.2. The summed E-state index contributed by atoms with van der Waals surface area (Å²) in [5, 5.41) is 0. The van der Waals surface area contributed by atoms with E-state index < -0.39 is 0 Å². The van der Waals surface area contributed by atoms with Crippen molar-refractivity contribution in [1.29, 1.82) is 0 Å². The van der Waals surface area contributed by atoms with Gasteiger partial charge in [-0.05, 0) is 35.8 Å². The number of hydrogen-bond donors (Lipinski definition) is 0. The monoisotopic (exact) mass is 220 g/mol. The number of carbonyl (C=O) groups is 1. The minimum atomic E-state index is 0.110. The smallest absolute Gasteiger partial charge is 0.127 e. The lowest BCUT2D eigenvalue weighted by molar-refractivity contribution is -0.110. The molecule has 1 heterocycles. The van der Waals surface area contributed by atoms with Gasteiger partial charge in [-0.25, -0.2) is 0 Å². The van der Waals surface area contributed by atoms with Gasteiger partial charge in [0, 0.05) is 5.92 Å². The molecule has 1 aliphatic heterocycles. The van der Waals surface area contributed by atoms with Gasteiger partial charge in [0.15, 0.2) is 0 Å². The number of hydrogen-bond acceptors (Lipinski definition) is 2. The quantitative estimate of drug-likeness (QED) is 0.728. The normalized spacial score (nSPS) is 23.3. The number of thioether (sulfide) groups is 1. The zero-order valence-electron chi connectivity index (χ0n) is 8.76. The van der Waals surface area contributed by atoms with Crippen LogP contribution in [0.4, 0.5) is 0 Å². The van der Waals surface area contributed by atoms with Crippen molar-refractivity contribution < 1.29 is 4.79 Å². The summed E-state index contributed by atoms with van der Waals surface area (Å²) in [5.74, 6) is 3.05. The molecule has 1 saturated heterocycles. The van der Waals surface area contributed by atoms with E-state index in [9.17, 15) is 4.79 Å². The maximum atomic E-state index is 11.2. The van der Waals surface area contributed by atoms with Gasteiger partial charge in [-0.15, -0.1) is 0 Å². The highest BCUT2D eigenvalue weighted by Crippen LogP contribution is 2.33. The molecule has 1 nitrogen and oxygen atoms in total. The van der Waals surface area contributed by atoms with Crippen molar-refractivity contribution in [2.75, 3.05) is 11.5 Å². The number of benzene rings is 1. The minimum Gasteiger partial charge on any atom is -0.303 e. The molecule has 1 aromatic rings. The van der Waals surface area contributed by atoms with Crippen LogP contribution in [0.3, 0.4) is 0 Å². The predicted octanol–water partition coefficient (Wildman–Crippen LogP) is 3.11. The fourth-order valence-corrected chi connectivity index (χ4v) is 3.40. The zero-order chi connectivity index (χ0) is 10.5. The lowest BCUT2D eigenvalue weighted by Crippen LogP contribution is -2.20. The van der Waals surface area contributed by atoms with Crippen LogP contribution in [0.25, 0.3) is 0 Å². The molecule has 0 spiro atoms. The summed E-state index contributed by atoms with van der Waals surface area (Å²) in [7, 11) is 0. The van der Waals surface area contributed by atoms with Gasteiger partial charge in [-0.2, -0.15) is 11.8 Å². The molecule has 0 N–H and O–H groups in total. The summed E-state index contributed by atoms with van der Waals surface area (Å²) in [6.45, 7) is 0. The number of rotatable bonds is 3. The van der Waals surface area contributed by atoms with Crippen LogP contribution >= 0.6 is 11.8 Å². The highest BCUT2D eigenvalue weighted by atomic mass is 32.2. The lowest BCUT2D eigenvalue weighted by Gasteiger charge is -2.26. The largest absolute Gasteiger partial charge is 0.303 e. The van der Waals surface area contributed by atoms with Crippen LogP contribution in [0, 0.1) is 5.92 Å². The van der Waals surface area contributed by atoms with Crippen molar-refractivity contribution >= 4 is 18.0 Å². The zero-order valence-corrected chi connectivity index (χ0v) is 9.58. The molecule has 80 valence electrons. The molecule has 0 aromatic heterocycles. The maximum Gasteiger partial charge on any atom is 0.127 e. The van der Waals surface area contributed by atoms with Crippen LogP contribution in [-0.2, 0) is 4.79 Å². The molecule has 2 rings (SSSR count). The van der Waals surface area contributed by atoms with Crippen LogP contribution in [0.15, 0.2) is 30.3 Å². The Morgan fingerprint density at radius 3 is 2.73 bits per heavy atom. The molecule has 0 radical (unpaired) electrons. The predicted molar refractivity (Wildman–Crippen MR) is 65.3 cm³/mol. The SMILES string of the molecule is O=CC(c1ccccc1)C1CCCSC1. The summed E-state index contributed by atoms with van der Waals surface area (Å²) in [4.78, 5) is 11.2. The second-order valence-electron chi connectivity index (χ2n) is 4.05. The minimum absolute atomic E-state index is 0.110. The van der Waals surface area contributed by atoms with Crippen LogP contribution in [-0.4, -0.2) is 17.8 Å². The highest BCUT2D eigenvalue weighted by molar-refractivity contribution is 7.99. The molecular formula is C13H16OS. The van der Waals surface area contributed by atoms with Crippen molar-refractivity contribution in [2.24, 2.45) is 5.92 Å². The molecule has 1 aliphatic rings. The molecule has 15 heavy (non-hydrogen) atoms. The van der Waals surface area contributed by atoms with Gasteiger partial charge in [-0.3, -0.25) is 0 Å². The Hall–Kier alpha value is -0.760. The van der Waals surface area contributed by atoms with E-state index in [0.29, 0.717) is 5.92 Å². The Labute approximate surface area is 95.3 Å². The molecule has 2 heteroatoms. The molecule has 0 saturated carbocycles. The molecular weight excluding hydrogens is 204 g/mol. The van der Waals surface area contributed by atoms with Crippen LogP contribution in [0.1, 0.15) is 24.3 Å². The summed E-state index contributed by atoms with van der Waals surface area (Å²) >= 11 is 1.98. The second kappa shape index (κ2) is 5.36. The Balaban J connectivity index is 2.12. The van der Waals surface area contributed by atoms with E-state index in [1.807, 2.05) is 30.0 Å². The average molecular weight is 220 g/mol. The van der Waals surface area contributed by atoms with Crippen molar-refractivity contribution in [3.05, 3.63) is 35.9 Å². The third-order valence-corrected chi connectivity index (χ3v) is 4.28. The standard InChI is InChI=1S/C13H16OS/c14-9-13(11-5-2-1-3-6-11)12-7-4-8-15-10-12/h1-3,5-6,9,12-13H,4,7-8,10H2.